The molecule has 0 aliphatic rings. The quantitative estimate of drug-likeness (QED) is 0.557. The maximum atomic E-state index is 12.1. The van der Waals surface area contributed by atoms with Gasteiger partial charge in [0, 0.05) is 16.2 Å². The van der Waals surface area contributed by atoms with Crippen molar-refractivity contribution in [1.82, 2.24) is 0 Å². The Labute approximate surface area is 168 Å². The van der Waals surface area contributed by atoms with Gasteiger partial charge in [0.25, 0.3) is 0 Å². The van der Waals surface area contributed by atoms with Gasteiger partial charge in [0.2, 0.25) is 5.75 Å². The third-order valence-corrected chi connectivity index (χ3v) is 4.64. The van der Waals surface area contributed by atoms with Crippen LogP contribution < -0.4 is 23.7 Å². The van der Waals surface area contributed by atoms with Crippen molar-refractivity contribution in [1.29, 1.82) is 0 Å². The summed E-state index contributed by atoms with van der Waals surface area (Å²) in [5.74, 6) is 1.17. The molecule has 1 N–H and O–H groups in total. The predicted molar refractivity (Wildman–Crippen MR) is 110 cm³/mol. The average Bonchev–Trinajstić information content (AvgIpc) is 2.72. The van der Waals surface area contributed by atoms with Gasteiger partial charge in [0.1, 0.15) is 0 Å². The fourth-order valence-corrected chi connectivity index (χ4v) is 3.55. The second-order valence-corrected chi connectivity index (χ2v) is 6.15. The number of carbonyl (C=O) groups is 1. The van der Waals surface area contributed by atoms with Crippen LogP contribution >= 0.6 is 0 Å². The van der Waals surface area contributed by atoms with Gasteiger partial charge in [-0.1, -0.05) is 6.07 Å². The molecule has 0 bridgehead atoms. The molecule has 0 saturated heterocycles. The highest BCUT2D eigenvalue weighted by molar-refractivity contribution is 6.21. The van der Waals surface area contributed by atoms with Crippen LogP contribution in [-0.4, -0.2) is 45.6 Å². The summed E-state index contributed by atoms with van der Waals surface area (Å²) in [5.41, 5.74) is 0.129. The first kappa shape index (κ1) is 20.4. The molecule has 7 heteroatoms. The van der Waals surface area contributed by atoms with E-state index in [-0.39, 0.29) is 5.56 Å². The van der Waals surface area contributed by atoms with Crippen molar-refractivity contribution in [3.63, 3.8) is 0 Å². The van der Waals surface area contributed by atoms with Crippen molar-refractivity contribution in [2.24, 2.45) is 0 Å². The van der Waals surface area contributed by atoms with Crippen LogP contribution in [0.15, 0.2) is 24.3 Å². The zero-order chi connectivity index (χ0) is 21.1. The monoisotopic (exact) mass is 400 g/mol. The van der Waals surface area contributed by atoms with E-state index >= 15 is 0 Å². The lowest BCUT2D eigenvalue weighted by Crippen LogP contribution is -2.05. The van der Waals surface area contributed by atoms with Gasteiger partial charge in [0.05, 0.1) is 40.1 Å². The first-order valence-electron chi connectivity index (χ1n) is 9.23. The smallest absolute Gasteiger partial charge is 0.336 e. The van der Waals surface area contributed by atoms with Crippen LogP contribution in [0, 0.1) is 0 Å². The molecule has 0 fully saturated rings. The summed E-state index contributed by atoms with van der Waals surface area (Å²) in [5, 5.41) is 12.3. The zero-order valence-electron chi connectivity index (χ0n) is 17.1. The highest BCUT2D eigenvalue weighted by Gasteiger charge is 2.25. The van der Waals surface area contributed by atoms with Crippen LogP contribution in [0.4, 0.5) is 0 Å². The van der Waals surface area contributed by atoms with Gasteiger partial charge in [0.15, 0.2) is 23.0 Å². The van der Waals surface area contributed by atoms with Gasteiger partial charge in [-0.25, -0.2) is 4.79 Å². The summed E-state index contributed by atoms with van der Waals surface area (Å²) in [7, 11) is 4.61. The largest absolute Gasteiger partial charge is 0.493 e. The van der Waals surface area contributed by atoms with Crippen molar-refractivity contribution in [2.45, 2.75) is 13.8 Å². The van der Waals surface area contributed by atoms with Gasteiger partial charge in [-0.15, -0.1) is 0 Å². The maximum absolute atomic E-state index is 12.1. The number of rotatable bonds is 8. The van der Waals surface area contributed by atoms with E-state index in [0.29, 0.717) is 63.5 Å². The molecule has 7 nitrogen and oxygen atoms in total. The fourth-order valence-electron chi connectivity index (χ4n) is 3.55. The third kappa shape index (κ3) is 3.33. The Bertz CT molecular complexity index is 1070. The fraction of sp³-hybridized carbons (Fsp3) is 0.318. The average molecular weight is 400 g/mol. The summed E-state index contributed by atoms with van der Waals surface area (Å²) in [6, 6.07) is 6.81. The highest BCUT2D eigenvalue weighted by atomic mass is 16.5. The highest BCUT2D eigenvalue weighted by Crippen LogP contribution is 2.50. The van der Waals surface area contributed by atoms with E-state index in [0.717, 1.165) is 0 Å². The number of carboxylic acid groups (broad SMARTS) is 1. The Morgan fingerprint density at radius 1 is 0.828 bits per heavy atom. The molecule has 29 heavy (non-hydrogen) atoms. The summed E-state index contributed by atoms with van der Waals surface area (Å²) in [4.78, 5) is 12.1. The van der Waals surface area contributed by atoms with Crippen LogP contribution in [0.3, 0.4) is 0 Å². The van der Waals surface area contributed by atoms with Crippen LogP contribution in [0.1, 0.15) is 24.2 Å². The zero-order valence-corrected chi connectivity index (χ0v) is 17.1. The number of hydrogen-bond acceptors (Lipinski definition) is 6. The molecular formula is C22H24O7. The third-order valence-electron chi connectivity index (χ3n) is 4.64. The Morgan fingerprint density at radius 3 is 2.07 bits per heavy atom. The summed E-state index contributed by atoms with van der Waals surface area (Å²) in [6.07, 6.45) is 0. The van der Waals surface area contributed by atoms with Gasteiger partial charge < -0.3 is 28.8 Å². The molecule has 3 aromatic carbocycles. The summed E-state index contributed by atoms with van der Waals surface area (Å²) < 4.78 is 28.4. The topological polar surface area (TPSA) is 83.5 Å². The number of aromatic carboxylic acids is 1. The summed E-state index contributed by atoms with van der Waals surface area (Å²) in [6.45, 7) is 4.43. The molecule has 0 spiro atoms. The van der Waals surface area contributed by atoms with Crippen molar-refractivity contribution in [3.05, 3.63) is 29.8 Å². The number of benzene rings is 3. The Morgan fingerprint density at radius 2 is 1.52 bits per heavy atom. The second kappa shape index (κ2) is 8.34. The molecule has 0 aromatic heterocycles. The van der Waals surface area contributed by atoms with E-state index in [1.807, 2.05) is 13.8 Å². The van der Waals surface area contributed by atoms with Gasteiger partial charge in [-0.3, -0.25) is 0 Å². The van der Waals surface area contributed by atoms with Crippen LogP contribution in [-0.2, 0) is 0 Å². The van der Waals surface area contributed by atoms with E-state index in [4.69, 9.17) is 23.7 Å². The van der Waals surface area contributed by atoms with Crippen molar-refractivity contribution >= 4 is 27.5 Å². The molecule has 0 saturated carbocycles. The van der Waals surface area contributed by atoms with E-state index in [1.54, 1.807) is 38.5 Å². The molecule has 0 radical (unpaired) electrons. The van der Waals surface area contributed by atoms with Crippen molar-refractivity contribution < 1.29 is 33.6 Å². The minimum Gasteiger partial charge on any atom is -0.493 e. The molecule has 0 unspecified atom stereocenters. The minimum atomic E-state index is -1.05. The van der Waals surface area contributed by atoms with Gasteiger partial charge in [-0.2, -0.15) is 0 Å². The van der Waals surface area contributed by atoms with Gasteiger partial charge in [-0.05, 0) is 37.4 Å². The molecule has 0 amide bonds. The van der Waals surface area contributed by atoms with E-state index in [2.05, 4.69) is 0 Å². The van der Waals surface area contributed by atoms with Crippen molar-refractivity contribution in [3.8, 4) is 28.7 Å². The molecule has 3 rings (SSSR count). The lowest BCUT2D eigenvalue weighted by molar-refractivity contribution is 0.0699. The standard InChI is InChI=1S/C22H24O7/c1-6-28-16-11-13-14(22(23)24)10-12-8-9-15(25-3)19(26-4)17(12)18(13)21(29-7-2)20(16)27-5/h8-11H,6-7H2,1-5H3,(H,23,24). The van der Waals surface area contributed by atoms with Crippen LogP contribution in [0.2, 0.25) is 0 Å². The van der Waals surface area contributed by atoms with Gasteiger partial charge >= 0.3 is 5.97 Å². The molecule has 3 aromatic rings. The van der Waals surface area contributed by atoms with E-state index in [1.165, 1.54) is 7.11 Å². The molecule has 0 aliphatic carbocycles. The maximum Gasteiger partial charge on any atom is 0.336 e. The minimum absolute atomic E-state index is 0.129. The van der Waals surface area contributed by atoms with Crippen molar-refractivity contribution in [2.75, 3.05) is 34.5 Å². The first-order chi connectivity index (χ1) is 14.0. The van der Waals surface area contributed by atoms with Crippen LogP contribution in [0.5, 0.6) is 28.7 Å². The lowest BCUT2D eigenvalue weighted by Gasteiger charge is -2.20. The Hall–Kier alpha value is -3.35. The molecule has 0 atom stereocenters. The lowest BCUT2D eigenvalue weighted by atomic mass is 9.94. The first-order valence-corrected chi connectivity index (χ1v) is 9.23. The van der Waals surface area contributed by atoms with Crippen LogP contribution in [0.25, 0.3) is 21.5 Å². The van der Waals surface area contributed by atoms with E-state index < -0.39 is 5.97 Å². The molecule has 0 aliphatic heterocycles. The Kier molecular flexibility index (Phi) is 5.87. The second-order valence-electron chi connectivity index (χ2n) is 6.15. The molecular weight excluding hydrogens is 376 g/mol. The number of methoxy groups -OCH3 is 3. The SMILES string of the molecule is CCOc1cc2c(C(=O)O)cc3ccc(OC)c(OC)c3c2c(OCC)c1OC. The number of ether oxygens (including phenoxy) is 5. The number of hydrogen-bond donors (Lipinski definition) is 1. The predicted octanol–water partition coefficient (Wildman–Crippen LogP) is 4.51. The molecule has 154 valence electrons. The number of carboxylic acids is 1. The van der Waals surface area contributed by atoms with E-state index in [9.17, 15) is 9.90 Å². The Balaban J connectivity index is 2.66. The summed E-state index contributed by atoms with van der Waals surface area (Å²) >= 11 is 0. The number of fused-ring (bicyclic) bond motifs is 3. The normalized spacial score (nSPS) is 10.8. The molecule has 0 heterocycles.